The van der Waals surface area contributed by atoms with E-state index in [1.165, 1.54) is 14.2 Å². The van der Waals surface area contributed by atoms with Crippen LogP contribution in [0, 0.1) is 17.8 Å². The van der Waals surface area contributed by atoms with E-state index >= 15 is 0 Å². The van der Waals surface area contributed by atoms with Crippen LogP contribution in [0.2, 0.25) is 0 Å². The molecular formula is C24H26N2O4. The van der Waals surface area contributed by atoms with Gasteiger partial charge in [-0.15, -0.1) is 0 Å². The summed E-state index contributed by atoms with van der Waals surface area (Å²) in [4.78, 5) is 24.8. The number of fused-ring (bicyclic) bond motifs is 4. The second kappa shape index (κ2) is 6.76. The summed E-state index contributed by atoms with van der Waals surface area (Å²) in [5, 5.41) is 7.49. The summed E-state index contributed by atoms with van der Waals surface area (Å²) >= 11 is 0. The number of benzene rings is 2. The molecule has 3 aliphatic rings. The third-order valence-corrected chi connectivity index (χ3v) is 7.26. The largest absolute Gasteiger partial charge is 0.469 e. The van der Waals surface area contributed by atoms with Gasteiger partial charge in [-0.05, 0) is 37.5 Å². The number of esters is 2. The molecule has 2 aromatic carbocycles. The Hall–Kier alpha value is -3.02. The topological polar surface area (TPSA) is 76.7 Å². The highest BCUT2D eigenvalue weighted by Crippen LogP contribution is 2.67. The van der Waals surface area contributed by atoms with Gasteiger partial charge in [0.05, 0.1) is 31.6 Å². The first kappa shape index (κ1) is 19.0. The summed E-state index contributed by atoms with van der Waals surface area (Å²) in [6.45, 7) is 0. The Balaban J connectivity index is 1.60. The van der Waals surface area contributed by atoms with Crippen molar-refractivity contribution in [2.45, 2.75) is 30.3 Å². The van der Waals surface area contributed by atoms with Crippen molar-refractivity contribution in [3.8, 4) is 0 Å². The molecule has 3 atom stereocenters. The van der Waals surface area contributed by atoms with Gasteiger partial charge in [-0.3, -0.25) is 9.59 Å². The lowest BCUT2D eigenvalue weighted by Crippen LogP contribution is -2.75. The van der Waals surface area contributed by atoms with Crippen molar-refractivity contribution in [3.63, 3.8) is 0 Å². The third kappa shape index (κ3) is 2.56. The zero-order valence-electron chi connectivity index (χ0n) is 17.2. The molecule has 0 saturated heterocycles. The highest BCUT2D eigenvalue weighted by molar-refractivity contribution is 5.80. The number of ether oxygens (including phenoxy) is 2. The van der Waals surface area contributed by atoms with E-state index in [0.29, 0.717) is 19.3 Å². The second-order valence-corrected chi connectivity index (χ2v) is 8.73. The number of carbonyl (C=O) groups excluding carboxylic acids is 2. The van der Waals surface area contributed by atoms with E-state index in [2.05, 4.69) is 22.8 Å². The zero-order valence-corrected chi connectivity index (χ0v) is 17.2. The van der Waals surface area contributed by atoms with Crippen molar-refractivity contribution < 1.29 is 19.1 Å². The van der Waals surface area contributed by atoms with E-state index in [4.69, 9.17) is 9.47 Å². The van der Waals surface area contributed by atoms with Gasteiger partial charge in [0.25, 0.3) is 0 Å². The van der Waals surface area contributed by atoms with Crippen LogP contribution in [0.5, 0.6) is 0 Å². The molecule has 0 radical (unpaired) electrons. The SMILES string of the molecule is COC(=O)C1CC2(C1)Nc1ccccc1C1(Nc3ccccc3)CC(C(=O)OC)C21. The van der Waals surface area contributed by atoms with Crippen molar-refractivity contribution in [1.82, 2.24) is 0 Å². The van der Waals surface area contributed by atoms with Crippen molar-refractivity contribution in [2.75, 3.05) is 24.9 Å². The summed E-state index contributed by atoms with van der Waals surface area (Å²) in [5.74, 6) is -0.787. The molecule has 2 aromatic rings. The van der Waals surface area contributed by atoms with Crippen molar-refractivity contribution >= 4 is 23.3 Å². The van der Waals surface area contributed by atoms with Crippen LogP contribution in [-0.4, -0.2) is 31.7 Å². The van der Waals surface area contributed by atoms with E-state index in [1.54, 1.807) is 0 Å². The van der Waals surface area contributed by atoms with Crippen LogP contribution in [0.1, 0.15) is 24.8 Å². The van der Waals surface area contributed by atoms with E-state index < -0.39 is 5.54 Å². The molecule has 2 N–H and O–H groups in total. The van der Waals surface area contributed by atoms with E-state index in [9.17, 15) is 9.59 Å². The number of nitrogens with one attached hydrogen (secondary N) is 2. The number of carbonyl (C=O) groups is 2. The van der Waals surface area contributed by atoms with Gasteiger partial charge in [-0.25, -0.2) is 0 Å². The number of hydrogen-bond donors (Lipinski definition) is 2. The van der Waals surface area contributed by atoms with Gasteiger partial charge >= 0.3 is 11.9 Å². The molecule has 1 spiro atoms. The lowest BCUT2D eigenvalue weighted by atomic mass is 9.42. The van der Waals surface area contributed by atoms with Crippen LogP contribution in [-0.2, 0) is 24.6 Å². The Bertz CT molecular complexity index is 986. The maximum atomic E-state index is 12.7. The molecule has 0 aromatic heterocycles. The monoisotopic (exact) mass is 406 g/mol. The number of hydrogen-bond acceptors (Lipinski definition) is 6. The second-order valence-electron chi connectivity index (χ2n) is 8.73. The molecule has 2 aliphatic carbocycles. The summed E-state index contributed by atoms with van der Waals surface area (Å²) in [6.07, 6.45) is 1.94. The lowest BCUT2D eigenvalue weighted by molar-refractivity contribution is -0.168. The van der Waals surface area contributed by atoms with Crippen molar-refractivity contribution in [3.05, 3.63) is 60.2 Å². The van der Waals surface area contributed by atoms with Gasteiger partial charge in [0.15, 0.2) is 0 Å². The van der Waals surface area contributed by atoms with Crippen molar-refractivity contribution in [1.29, 1.82) is 0 Å². The molecular weight excluding hydrogens is 380 g/mol. The fourth-order valence-electron chi connectivity index (χ4n) is 6.09. The summed E-state index contributed by atoms with van der Waals surface area (Å²) in [6, 6.07) is 18.4. The van der Waals surface area contributed by atoms with Crippen LogP contribution in [0.3, 0.4) is 0 Å². The Morgan fingerprint density at radius 1 is 0.933 bits per heavy atom. The highest BCUT2D eigenvalue weighted by atomic mass is 16.5. The van der Waals surface area contributed by atoms with Gasteiger partial charge in [0.1, 0.15) is 0 Å². The summed E-state index contributed by atoms with van der Waals surface area (Å²) in [5.41, 5.74) is 2.48. The zero-order chi connectivity index (χ0) is 20.9. The van der Waals surface area contributed by atoms with Gasteiger partial charge in [-0.1, -0.05) is 36.4 Å². The van der Waals surface area contributed by atoms with Gasteiger partial charge in [-0.2, -0.15) is 0 Å². The number of rotatable bonds is 4. The first-order chi connectivity index (χ1) is 14.5. The normalized spacial score (nSPS) is 33.1. The molecule has 0 bridgehead atoms. The molecule has 6 nitrogen and oxygen atoms in total. The van der Waals surface area contributed by atoms with E-state index in [1.807, 2.05) is 42.5 Å². The molecule has 30 heavy (non-hydrogen) atoms. The number of anilines is 2. The Morgan fingerprint density at radius 3 is 2.30 bits per heavy atom. The standard InChI is InChI=1S/C24H26N2O4/c1-29-21(27)15-12-23(13-15)20-17(22(28)30-2)14-24(20,25-16-8-4-3-5-9-16)18-10-6-7-11-19(18)26-23/h3-11,15,17,20,25-26H,12-14H2,1-2H3. The van der Waals surface area contributed by atoms with Crippen LogP contribution >= 0.6 is 0 Å². The predicted octanol–water partition coefficient (Wildman–Crippen LogP) is 3.55. The summed E-state index contributed by atoms with van der Waals surface area (Å²) < 4.78 is 10.1. The predicted molar refractivity (Wildman–Crippen MR) is 113 cm³/mol. The molecule has 0 amide bonds. The maximum Gasteiger partial charge on any atom is 0.309 e. The van der Waals surface area contributed by atoms with Crippen LogP contribution in [0.4, 0.5) is 11.4 Å². The average Bonchev–Trinajstić information content (AvgIpc) is 2.73. The Kier molecular flexibility index (Phi) is 4.27. The maximum absolute atomic E-state index is 12.7. The third-order valence-electron chi connectivity index (χ3n) is 7.26. The first-order valence-corrected chi connectivity index (χ1v) is 10.4. The van der Waals surface area contributed by atoms with Gasteiger partial charge in [0.2, 0.25) is 0 Å². The van der Waals surface area contributed by atoms with E-state index in [0.717, 1.165) is 16.9 Å². The summed E-state index contributed by atoms with van der Waals surface area (Å²) in [7, 11) is 2.88. The van der Waals surface area contributed by atoms with Crippen molar-refractivity contribution in [2.24, 2.45) is 17.8 Å². The molecule has 2 fully saturated rings. The smallest absolute Gasteiger partial charge is 0.309 e. The average molecular weight is 406 g/mol. The molecule has 156 valence electrons. The van der Waals surface area contributed by atoms with Crippen LogP contribution in [0.15, 0.2) is 54.6 Å². The minimum atomic E-state index is -0.400. The number of methoxy groups -OCH3 is 2. The molecule has 1 heterocycles. The molecule has 6 heteroatoms. The highest BCUT2D eigenvalue weighted by Gasteiger charge is 2.71. The first-order valence-electron chi connectivity index (χ1n) is 10.4. The molecule has 2 saturated carbocycles. The Labute approximate surface area is 176 Å². The molecule has 5 rings (SSSR count). The van der Waals surface area contributed by atoms with Gasteiger partial charge < -0.3 is 20.1 Å². The van der Waals surface area contributed by atoms with Crippen LogP contribution < -0.4 is 10.6 Å². The minimum absolute atomic E-state index is 0.0338. The van der Waals surface area contributed by atoms with E-state index in [-0.39, 0.29) is 35.2 Å². The quantitative estimate of drug-likeness (QED) is 0.757. The van der Waals surface area contributed by atoms with Gasteiger partial charge in [0, 0.05) is 28.4 Å². The van der Waals surface area contributed by atoms with Crippen LogP contribution in [0.25, 0.3) is 0 Å². The number of para-hydroxylation sites is 2. The minimum Gasteiger partial charge on any atom is -0.469 e. The fraction of sp³-hybridized carbons (Fsp3) is 0.417. The lowest BCUT2D eigenvalue weighted by Gasteiger charge is -2.68. The fourth-order valence-corrected chi connectivity index (χ4v) is 6.09. The molecule has 1 aliphatic heterocycles. The Morgan fingerprint density at radius 2 is 1.60 bits per heavy atom. The molecule has 3 unspecified atom stereocenters.